The molecular formula is C10H13N5O3S. The average molecular weight is 283 g/mol. The van der Waals surface area contributed by atoms with Crippen LogP contribution in [-0.2, 0) is 16.4 Å². The molecule has 9 heteroatoms. The third-order valence-electron chi connectivity index (χ3n) is 2.34. The average Bonchev–Trinajstić information content (AvgIpc) is 2.91. The maximum Gasteiger partial charge on any atom is 0.260 e. The Balaban J connectivity index is 2.05. The van der Waals surface area contributed by atoms with Gasteiger partial charge in [0, 0.05) is 26.2 Å². The molecule has 0 spiro atoms. The van der Waals surface area contributed by atoms with E-state index in [4.69, 9.17) is 0 Å². The van der Waals surface area contributed by atoms with Crippen LogP contribution in [0.25, 0.3) is 0 Å². The van der Waals surface area contributed by atoms with Crippen LogP contribution in [0, 0.1) is 0 Å². The van der Waals surface area contributed by atoms with E-state index in [-0.39, 0.29) is 11.6 Å². The highest BCUT2D eigenvalue weighted by molar-refractivity contribution is 7.89. The summed E-state index contributed by atoms with van der Waals surface area (Å²) < 4.78 is 31.1. The number of sulfonamides is 1. The second kappa shape index (κ2) is 5.76. The van der Waals surface area contributed by atoms with Crippen molar-refractivity contribution in [1.29, 1.82) is 0 Å². The van der Waals surface area contributed by atoms with E-state index in [9.17, 15) is 8.42 Å². The van der Waals surface area contributed by atoms with Crippen LogP contribution in [0.15, 0.2) is 34.3 Å². The predicted molar refractivity (Wildman–Crippen MR) is 67.0 cm³/mol. The van der Waals surface area contributed by atoms with Gasteiger partial charge in [-0.05, 0) is 12.1 Å². The summed E-state index contributed by atoms with van der Waals surface area (Å²) in [5.74, 6) is 0.442. The summed E-state index contributed by atoms with van der Waals surface area (Å²) in [6, 6.07) is 3.30. The van der Waals surface area contributed by atoms with E-state index in [1.165, 1.54) is 12.6 Å². The summed E-state index contributed by atoms with van der Waals surface area (Å²) in [5.41, 5.74) is 0.439. The van der Waals surface area contributed by atoms with Crippen LogP contribution in [0.3, 0.4) is 0 Å². The maximum absolute atomic E-state index is 12.1. The highest BCUT2D eigenvalue weighted by Gasteiger charge is 2.19. The summed E-state index contributed by atoms with van der Waals surface area (Å²) in [6.07, 6.45) is 2.97. The zero-order valence-corrected chi connectivity index (χ0v) is 11.0. The Labute approximate surface area is 110 Å². The molecule has 2 aromatic rings. The number of nitrogens with one attached hydrogen (secondary N) is 2. The highest BCUT2D eigenvalue weighted by Crippen LogP contribution is 2.16. The van der Waals surface area contributed by atoms with E-state index in [0.717, 1.165) is 0 Å². The lowest BCUT2D eigenvalue weighted by atomic mass is 10.4. The molecule has 0 saturated heterocycles. The van der Waals surface area contributed by atoms with Gasteiger partial charge in [0.15, 0.2) is 10.9 Å². The van der Waals surface area contributed by atoms with Gasteiger partial charge in [-0.15, -0.1) is 0 Å². The second-order valence-electron chi connectivity index (χ2n) is 3.60. The molecule has 0 fully saturated rings. The first-order chi connectivity index (χ1) is 9.13. The first-order valence-electron chi connectivity index (χ1n) is 5.51. The van der Waals surface area contributed by atoms with Crippen LogP contribution in [-0.4, -0.2) is 37.1 Å². The van der Waals surface area contributed by atoms with Crippen molar-refractivity contribution in [3.8, 4) is 0 Å². The fraction of sp³-hybridized carbons (Fsp3) is 0.300. The summed E-state index contributed by atoms with van der Waals surface area (Å²) in [5, 5.41) is 6.34. The van der Waals surface area contributed by atoms with Crippen LogP contribution in [0.5, 0.6) is 0 Å². The van der Waals surface area contributed by atoms with Gasteiger partial charge in [-0.25, -0.2) is 18.1 Å². The Hall–Kier alpha value is -2.00. The molecule has 8 nitrogen and oxygen atoms in total. The Morgan fingerprint density at radius 1 is 1.37 bits per heavy atom. The zero-order valence-electron chi connectivity index (χ0n) is 10.2. The summed E-state index contributed by atoms with van der Waals surface area (Å²) in [4.78, 5) is 7.68. The summed E-state index contributed by atoms with van der Waals surface area (Å²) in [6.45, 7) is 0.168. The lowest BCUT2D eigenvalue weighted by Crippen LogP contribution is -2.27. The SMILES string of the molecule is CNc1cccnc1S(=O)(=O)NCCc1ncon1. The van der Waals surface area contributed by atoms with Gasteiger partial charge in [0.25, 0.3) is 10.0 Å². The third kappa shape index (κ3) is 3.26. The second-order valence-corrected chi connectivity index (χ2v) is 5.28. The molecular weight excluding hydrogens is 270 g/mol. The summed E-state index contributed by atoms with van der Waals surface area (Å²) >= 11 is 0. The van der Waals surface area contributed by atoms with Crippen molar-refractivity contribution in [3.63, 3.8) is 0 Å². The van der Waals surface area contributed by atoms with Crippen molar-refractivity contribution < 1.29 is 12.9 Å². The Kier molecular flexibility index (Phi) is 4.07. The molecule has 2 N–H and O–H groups in total. The quantitative estimate of drug-likeness (QED) is 0.769. The van der Waals surface area contributed by atoms with E-state index in [0.29, 0.717) is 17.9 Å². The van der Waals surface area contributed by atoms with Crippen LogP contribution in [0.1, 0.15) is 5.82 Å². The third-order valence-corrected chi connectivity index (χ3v) is 3.76. The first-order valence-corrected chi connectivity index (χ1v) is 6.99. The normalized spacial score (nSPS) is 11.4. The van der Waals surface area contributed by atoms with Crippen molar-refractivity contribution in [2.24, 2.45) is 0 Å². The van der Waals surface area contributed by atoms with Crippen molar-refractivity contribution >= 4 is 15.7 Å². The fourth-order valence-corrected chi connectivity index (χ4v) is 2.63. The van der Waals surface area contributed by atoms with Gasteiger partial charge in [0.05, 0.1) is 5.69 Å². The number of aromatic nitrogens is 3. The molecule has 2 heterocycles. The molecule has 0 radical (unpaired) electrons. The molecule has 0 unspecified atom stereocenters. The first kappa shape index (κ1) is 13.4. The van der Waals surface area contributed by atoms with Crippen molar-refractivity contribution in [2.45, 2.75) is 11.4 Å². The van der Waals surface area contributed by atoms with Gasteiger partial charge in [-0.3, -0.25) is 0 Å². The Morgan fingerprint density at radius 2 is 2.21 bits per heavy atom. The number of pyridine rings is 1. The molecule has 102 valence electrons. The topological polar surface area (TPSA) is 110 Å². The van der Waals surface area contributed by atoms with Gasteiger partial charge in [-0.2, -0.15) is 4.98 Å². The number of hydrogen-bond acceptors (Lipinski definition) is 7. The minimum absolute atomic E-state index is 0.0365. The van der Waals surface area contributed by atoms with Crippen LogP contribution in [0.4, 0.5) is 5.69 Å². The molecule has 19 heavy (non-hydrogen) atoms. The van der Waals surface area contributed by atoms with Crippen LogP contribution < -0.4 is 10.0 Å². The van der Waals surface area contributed by atoms with Gasteiger partial charge in [-0.1, -0.05) is 5.16 Å². The molecule has 0 atom stereocenters. The Morgan fingerprint density at radius 3 is 2.89 bits per heavy atom. The van der Waals surface area contributed by atoms with E-state index >= 15 is 0 Å². The predicted octanol–water partition coefficient (Wildman–Crippen LogP) is 0.0273. The number of rotatable bonds is 6. The smallest absolute Gasteiger partial charge is 0.260 e. The Bertz CT molecular complexity index is 626. The van der Waals surface area contributed by atoms with Gasteiger partial charge < -0.3 is 9.84 Å². The standard InChI is InChI=1S/C10H13N5O3S/c1-11-8-3-2-5-12-10(8)19(16,17)14-6-4-9-13-7-18-15-9/h2-3,5,7,11,14H,4,6H2,1H3. The van der Waals surface area contributed by atoms with E-state index < -0.39 is 10.0 Å². The maximum atomic E-state index is 12.1. The van der Waals surface area contributed by atoms with Gasteiger partial charge in [0.1, 0.15) is 0 Å². The van der Waals surface area contributed by atoms with E-state index in [1.54, 1.807) is 19.2 Å². The van der Waals surface area contributed by atoms with Crippen LogP contribution in [0.2, 0.25) is 0 Å². The largest absolute Gasteiger partial charge is 0.386 e. The monoisotopic (exact) mass is 283 g/mol. The van der Waals surface area contributed by atoms with Gasteiger partial charge >= 0.3 is 0 Å². The lowest BCUT2D eigenvalue weighted by molar-refractivity contribution is 0.409. The molecule has 0 aliphatic heterocycles. The van der Waals surface area contributed by atoms with E-state index in [1.807, 2.05) is 0 Å². The van der Waals surface area contributed by atoms with Gasteiger partial charge in [0.2, 0.25) is 6.39 Å². The molecule has 0 bridgehead atoms. The van der Waals surface area contributed by atoms with Crippen molar-refractivity contribution in [1.82, 2.24) is 19.8 Å². The molecule has 0 aliphatic carbocycles. The highest BCUT2D eigenvalue weighted by atomic mass is 32.2. The minimum Gasteiger partial charge on any atom is -0.386 e. The van der Waals surface area contributed by atoms with Crippen molar-refractivity contribution in [2.75, 3.05) is 18.9 Å². The summed E-state index contributed by atoms with van der Waals surface area (Å²) in [7, 11) is -2.03. The fourth-order valence-electron chi connectivity index (χ4n) is 1.46. The molecule has 0 aromatic carbocycles. The molecule has 2 rings (SSSR count). The number of hydrogen-bond donors (Lipinski definition) is 2. The molecule has 0 amide bonds. The van der Waals surface area contributed by atoms with Crippen LogP contribution >= 0.6 is 0 Å². The number of anilines is 1. The zero-order chi connectivity index (χ0) is 13.7. The van der Waals surface area contributed by atoms with E-state index in [2.05, 4.69) is 29.7 Å². The molecule has 2 aromatic heterocycles. The molecule has 0 aliphatic rings. The molecule has 0 saturated carbocycles. The minimum atomic E-state index is -3.67. The lowest BCUT2D eigenvalue weighted by Gasteiger charge is -2.09. The number of nitrogens with zero attached hydrogens (tertiary/aromatic N) is 3. The van der Waals surface area contributed by atoms with Crippen molar-refractivity contribution in [3.05, 3.63) is 30.5 Å².